The first-order valence-electron chi connectivity index (χ1n) is 6.96. The highest BCUT2D eigenvalue weighted by molar-refractivity contribution is 7.15. The maximum atomic E-state index is 12.4. The molecule has 1 aliphatic rings. The number of fused-ring (bicyclic) bond motifs is 1. The van der Waals surface area contributed by atoms with Crippen LogP contribution in [-0.4, -0.2) is 24.0 Å². The zero-order chi connectivity index (χ0) is 15.7. The number of aromatic nitrogens is 1. The van der Waals surface area contributed by atoms with Gasteiger partial charge in [-0.15, -0.1) is 23.7 Å². The van der Waals surface area contributed by atoms with E-state index in [9.17, 15) is 4.79 Å². The fourth-order valence-corrected chi connectivity index (χ4v) is 3.74. The number of nitrogens with two attached hydrogens (primary N) is 1. The number of rotatable bonds is 3. The highest BCUT2D eigenvalue weighted by Crippen LogP contribution is 2.30. The van der Waals surface area contributed by atoms with Crippen molar-refractivity contribution in [2.45, 2.75) is 25.3 Å². The number of nitrogens with zero attached hydrogens (tertiary/aromatic N) is 1. The fourth-order valence-electron chi connectivity index (χ4n) is 2.48. The Morgan fingerprint density at radius 3 is 3.04 bits per heavy atom. The van der Waals surface area contributed by atoms with Crippen LogP contribution in [0, 0.1) is 0 Å². The Hall–Kier alpha value is -1.34. The Kier molecular flexibility index (Phi) is 5.86. The highest BCUT2D eigenvalue weighted by atomic mass is 35.5. The van der Waals surface area contributed by atoms with Crippen LogP contribution in [0.2, 0.25) is 5.02 Å². The molecule has 0 fully saturated rings. The lowest BCUT2D eigenvalue weighted by Crippen LogP contribution is -2.27. The quantitative estimate of drug-likeness (QED) is 0.864. The fraction of sp³-hybridized carbons (Fsp3) is 0.333. The molecule has 8 heteroatoms. The van der Waals surface area contributed by atoms with Crippen molar-refractivity contribution in [2.24, 2.45) is 5.73 Å². The number of hydrogen-bond acceptors (Lipinski definition) is 5. The van der Waals surface area contributed by atoms with E-state index >= 15 is 0 Å². The number of anilines is 1. The third-order valence-corrected chi connectivity index (χ3v) is 4.87. The summed E-state index contributed by atoms with van der Waals surface area (Å²) in [6.07, 6.45) is 2.62. The molecule has 0 bridgehead atoms. The van der Waals surface area contributed by atoms with Gasteiger partial charge in [-0.2, -0.15) is 0 Å². The molecule has 1 atom stereocenters. The average Bonchev–Trinajstić information content (AvgIpc) is 2.88. The summed E-state index contributed by atoms with van der Waals surface area (Å²) >= 11 is 7.44. The number of ether oxygens (including phenoxy) is 1. The molecule has 23 heavy (non-hydrogen) atoms. The van der Waals surface area contributed by atoms with Crippen molar-refractivity contribution in [2.75, 3.05) is 12.4 Å². The molecule has 0 saturated carbocycles. The van der Waals surface area contributed by atoms with E-state index in [4.69, 9.17) is 22.1 Å². The summed E-state index contributed by atoms with van der Waals surface area (Å²) in [5, 5.41) is 3.89. The SMILES string of the molecule is COc1ccc(Cl)cc1C(=O)Nc1nc2c(s1)C[C@@H](N)CC2.Cl. The molecule has 0 radical (unpaired) electrons. The highest BCUT2D eigenvalue weighted by Gasteiger charge is 2.21. The van der Waals surface area contributed by atoms with Gasteiger partial charge in [-0.3, -0.25) is 10.1 Å². The van der Waals surface area contributed by atoms with Crippen molar-refractivity contribution in [1.29, 1.82) is 0 Å². The lowest BCUT2D eigenvalue weighted by molar-refractivity contribution is 0.102. The third-order valence-electron chi connectivity index (χ3n) is 3.60. The lowest BCUT2D eigenvalue weighted by atomic mass is 9.99. The van der Waals surface area contributed by atoms with Gasteiger partial charge >= 0.3 is 0 Å². The molecule has 3 rings (SSSR count). The standard InChI is InChI=1S/C15H16ClN3O2S.ClH/c1-21-12-5-2-8(16)6-10(12)14(20)19-15-18-11-4-3-9(17)7-13(11)22-15;/h2,5-6,9H,3-4,7,17H2,1H3,(H,18,19,20);1H/t9-;/m0./s1. The second kappa shape index (κ2) is 7.49. The molecule has 1 aromatic heterocycles. The van der Waals surface area contributed by atoms with Gasteiger partial charge in [0.1, 0.15) is 5.75 Å². The summed E-state index contributed by atoms with van der Waals surface area (Å²) in [6, 6.07) is 5.12. The molecule has 1 aliphatic carbocycles. The van der Waals surface area contributed by atoms with Gasteiger partial charge in [-0.25, -0.2) is 4.98 Å². The van der Waals surface area contributed by atoms with Gasteiger partial charge in [0, 0.05) is 15.9 Å². The van der Waals surface area contributed by atoms with Crippen molar-refractivity contribution in [3.05, 3.63) is 39.4 Å². The topological polar surface area (TPSA) is 77.2 Å². The number of carbonyl (C=O) groups is 1. The number of thiazole rings is 1. The second-order valence-electron chi connectivity index (χ2n) is 5.19. The largest absolute Gasteiger partial charge is 0.496 e. The van der Waals surface area contributed by atoms with E-state index in [0.29, 0.717) is 21.5 Å². The monoisotopic (exact) mass is 373 g/mol. The number of hydrogen-bond donors (Lipinski definition) is 2. The molecule has 0 spiro atoms. The molecule has 3 N–H and O–H groups in total. The smallest absolute Gasteiger partial charge is 0.261 e. The predicted molar refractivity (Wildman–Crippen MR) is 95.3 cm³/mol. The van der Waals surface area contributed by atoms with Crippen LogP contribution in [0.1, 0.15) is 27.3 Å². The lowest BCUT2D eigenvalue weighted by Gasteiger charge is -2.15. The molecule has 1 heterocycles. The number of aryl methyl sites for hydroxylation is 1. The molecular weight excluding hydrogens is 357 g/mol. The minimum Gasteiger partial charge on any atom is -0.496 e. The summed E-state index contributed by atoms with van der Waals surface area (Å²) in [5.74, 6) is 0.194. The molecule has 0 aliphatic heterocycles. The van der Waals surface area contributed by atoms with Crippen LogP contribution < -0.4 is 15.8 Å². The zero-order valence-corrected chi connectivity index (χ0v) is 14.9. The van der Waals surface area contributed by atoms with E-state index in [2.05, 4.69) is 10.3 Å². The van der Waals surface area contributed by atoms with Crippen LogP contribution in [0.25, 0.3) is 0 Å². The van der Waals surface area contributed by atoms with Crippen LogP contribution in [-0.2, 0) is 12.8 Å². The number of amides is 1. The van der Waals surface area contributed by atoms with Gasteiger partial charge in [0.15, 0.2) is 5.13 Å². The second-order valence-corrected chi connectivity index (χ2v) is 6.71. The molecule has 0 saturated heterocycles. The van der Waals surface area contributed by atoms with Gasteiger partial charge in [-0.05, 0) is 37.5 Å². The minimum atomic E-state index is -0.283. The van der Waals surface area contributed by atoms with Crippen molar-refractivity contribution < 1.29 is 9.53 Å². The van der Waals surface area contributed by atoms with Crippen molar-refractivity contribution in [1.82, 2.24) is 4.98 Å². The molecule has 5 nitrogen and oxygen atoms in total. The Bertz CT molecular complexity index is 721. The summed E-state index contributed by atoms with van der Waals surface area (Å²) in [5.41, 5.74) is 7.40. The third kappa shape index (κ3) is 3.95. The zero-order valence-electron chi connectivity index (χ0n) is 12.5. The first-order chi connectivity index (χ1) is 10.6. The Morgan fingerprint density at radius 2 is 2.30 bits per heavy atom. The van der Waals surface area contributed by atoms with E-state index in [-0.39, 0.29) is 24.4 Å². The summed E-state index contributed by atoms with van der Waals surface area (Å²) in [6.45, 7) is 0. The van der Waals surface area contributed by atoms with Crippen LogP contribution in [0.5, 0.6) is 5.75 Å². The van der Waals surface area contributed by atoms with Crippen molar-refractivity contribution >= 4 is 46.4 Å². The van der Waals surface area contributed by atoms with E-state index in [1.54, 1.807) is 18.2 Å². The molecule has 2 aromatic rings. The number of halogens is 2. The first kappa shape index (κ1) is 18.0. The van der Waals surface area contributed by atoms with Crippen LogP contribution in [0.3, 0.4) is 0 Å². The number of carbonyl (C=O) groups excluding carboxylic acids is 1. The van der Waals surface area contributed by atoms with E-state index < -0.39 is 0 Å². The Balaban J connectivity index is 0.00000192. The number of nitrogens with one attached hydrogen (secondary N) is 1. The van der Waals surface area contributed by atoms with Gasteiger partial charge < -0.3 is 10.5 Å². The first-order valence-corrected chi connectivity index (χ1v) is 8.15. The molecule has 1 aromatic carbocycles. The van der Waals surface area contributed by atoms with Crippen LogP contribution in [0.15, 0.2) is 18.2 Å². The summed E-state index contributed by atoms with van der Waals surface area (Å²) < 4.78 is 5.20. The van der Waals surface area contributed by atoms with Crippen molar-refractivity contribution in [3.63, 3.8) is 0 Å². The van der Waals surface area contributed by atoms with Gasteiger partial charge in [-0.1, -0.05) is 11.6 Å². The number of benzene rings is 1. The molecule has 124 valence electrons. The minimum absolute atomic E-state index is 0. The molecular formula is C15H17Cl2N3O2S. The Labute approximate surface area is 149 Å². The van der Waals surface area contributed by atoms with Crippen molar-refractivity contribution in [3.8, 4) is 5.75 Å². The van der Waals surface area contributed by atoms with Gasteiger partial charge in [0.2, 0.25) is 0 Å². The van der Waals surface area contributed by atoms with Gasteiger partial charge in [0.25, 0.3) is 5.91 Å². The Morgan fingerprint density at radius 1 is 1.52 bits per heavy atom. The van der Waals surface area contributed by atoms with Gasteiger partial charge in [0.05, 0.1) is 18.4 Å². The summed E-state index contributed by atoms with van der Waals surface area (Å²) in [4.78, 5) is 18.1. The number of methoxy groups -OCH3 is 1. The van der Waals surface area contributed by atoms with Crippen LogP contribution >= 0.6 is 35.3 Å². The van der Waals surface area contributed by atoms with Crippen LogP contribution in [0.4, 0.5) is 5.13 Å². The van der Waals surface area contributed by atoms with E-state index in [1.165, 1.54) is 18.4 Å². The maximum Gasteiger partial charge on any atom is 0.261 e. The van der Waals surface area contributed by atoms with E-state index in [0.717, 1.165) is 29.8 Å². The molecule has 1 amide bonds. The molecule has 0 unspecified atom stereocenters. The normalized spacial score (nSPS) is 16.2. The summed E-state index contributed by atoms with van der Waals surface area (Å²) in [7, 11) is 1.52. The predicted octanol–water partition coefficient (Wildman–Crippen LogP) is 3.30. The average molecular weight is 374 g/mol. The van der Waals surface area contributed by atoms with E-state index in [1.807, 2.05) is 0 Å². The maximum absolute atomic E-state index is 12.4.